The average molecular weight is 239 g/mol. The minimum atomic E-state index is -0.538. The van der Waals surface area contributed by atoms with Crippen molar-refractivity contribution in [1.82, 2.24) is 5.32 Å². The molecule has 92 valence electrons. The minimum absolute atomic E-state index is 0.0583. The predicted molar refractivity (Wildman–Crippen MR) is 59.0 cm³/mol. The predicted octanol–water partition coefficient (Wildman–Crippen LogP) is 0.304. The SMILES string of the molecule is COC(=O)CNC(=O)c1ccc(O)c(OC)c1. The van der Waals surface area contributed by atoms with Gasteiger partial charge in [0.15, 0.2) is 11.5 Å². The molecule has 0 unspecified atom stereocenters. The molecule has 0 aromatic heterocycles. The van der Waals surface area contributed by atoms with Gasteiger partial charge in [-0.25, -0.2) is 0 Å². The zero-order valence-corrected chi connectivity index (χ0v) is 9.52. The molecular weight excluding hydrogens is 226 g/mol. The molecule has 0 radical (unpaired) electrons. The smallest absolute Gasteiger partial charge is 0.325 e. The molecule has 0 saturated carbocycles. The maximum atomic E-state index is 11.6. The molecule has 1 rings (SSSR count). The van der Waals surface area contributed by atoms with E-state index in [4.69, 9.17) is 4.74 Å². The Morgan fingerprint density at radius 2 is 2.06 bits per heavy atom. The second-order valence-corrected chi connectivity index (χ2v) is 3.15. The summed E-state index contributed by atoms with van der Waals surface area (Å²) in [5.74, 6) is -0.856. The van der Waals surface area contributed by atoms with Crippen molar-refractivity contribution < 1.29 is 24.2 Å². The van der Waals surface area contributed by atoms with E-state index in [1.165, 1.54) is 32.4 Å². The number of carbonyl (C=O) groups is 2. The highest BCUT2D eigenvalue weighted by molar-refractivity contribution is 5.96. The van der Waals surface area contributed by atoms with E-state index in [0.29, 0.717) is 0 Å². The summed E-state index contributed by atoms with van der Waals surface area (Å²) in [5, 5.41) is 11.7. The second-order valence-electron chi connectivity index (χ2n) is 3.15. The van der Waals surface area contributed by atoms with Gasteiger partial charge in [-0.15, -0.1) is 0 Å². The molecule has 1 aromatic carbocycles. The van der Waals surface area contributed by atoms with Gasteiger partial charge in [0.1, 0.15) is 6.54 Å². The molecule has 0 fully saturated rings. The van der Waals surface area contributed by atoms with E-state index in [0.717, 1.165) is 0 Å². The maximum Gasteiger partial charge on any atom is 0.325 e. The second kappa shape index (κ2) is 5.74. The van der Waals surface area contributed by atoms with Gasteiger partial charge in [0.05, 0.1) is 14.2 Å². The Morgan fingerprint density at radius 3 is 2.65 bits per heavy atom. The summed E-state index contributed by atoms with van der Waals surface area (Å²) in [6.07, 6.45) is 0. The quantitative estimate of drug-likeness (QED) is 0.738. The number of benzene rings is 1. The maximum absolute atomic E-state index is 11.6. The van der Waals surface area contributed by atoms with Crippen LogP contribution in [0.2, 0.25) is 0 Å². The van der Waals surface area contributed by atoms with Gasteiger partial charge in [-0.3, -0.25) is 9.59 Å². The number of ether oxygens (including phenoxy) is 2. The lowest BCUT2D eigenvalue weighted by Crippen LogP contribution is -2.30. The number of aromatic hydroxyl groups is 1. The van der Waals surface area contributed by atoms with Crippen molar-refractivity contribution >= 4 is 11.9 Å². The highest BCUT2D eigenvalue weighted by Crippen LogP contribution is 2.26. The molecule has 6 nitrogen and oxygen atoms in total. The van der Waals surface area contributed by atoms with Gasteiger partial charge in [-0.05, 0) is 18.2 Å². The van der Waals surface area contributed by atoms with Crippen LogP contribution in [0.5, 0.6) is 11.5 Å². The topological polar surface area (TPSA) is 84.9 Å². The molecule has 1 amide bonds. The Balaban J connectivity index is 2.72. The Kier molecular flexibility index (Phi) is 4.33. The highest BCUT2D eigenvalue weighted by Gasteiger charge is 2.10. The van der Waals surface area contributed by atoms with E-state index < -0.39 is 11.9 Å². The number of carbonyl (C=O) groups excluding carboxylic acids is 2. The summed E-state index contributed by atoms with van der Waals surface area (Å²) >= 11 is 0. The zero-order chi connectivity index (χ0) is 12.8. The monoisotopic (exact) mass is 239 g/mol. The largest absolute Gasteiger partial charge is 0.504 e. The van der Waals surface area contributed by atoms with Crippen LogP contribution >= 0.6 is 0 Å². The number of nitrogens with one attached hydrogen (secondary N) is 1. The van der Waals surface area contributed by atoms with Crippen LogP contribution in [0.3, 0.4) is 0 Å². The van der Waals surface area contributed by atoms with Crippen LogP contribution in [0.25, 0.3) is 0 Å². The van der Waals surface area contributed by atoms with Crippen LogP contribution in [-0.4, -0.2) is 37.7 Å². The van der Waals surface area contributed by atoms with Crippen molar-refractivity contribution in [2.75, 3.05) is 20.8 Å². The van der Waals surface area contributed by atoms with Crippen molar-refractivity contribution in [3.8, 4) is 11.5 Å². The van der Waals surface area contributed by atoms with E-state index in [9.17, 15) is 14.7 Å². The first-order valence-electron chi connectivity index (χ1n) is 4.80. The Labute approximate surface area is 98.2 Å². The van der Waals surface area contributed by atoms with Crippen LogP contribution in [0.4, 0.5) is 0 Å². The summed E-state index contributed by atoms with van der Waals surface area (Å²) in [5.41, 5.74) is 0.281. The zero-order valence-electron chi connectivity index (χ0n) is 9.52. The fourth-order valence-electron chi connectivity index (χ4n) is 1.15. The molecule has 0 bridgehead atoms. The Morgan fingerprint density at radius 1 is 1.35 bits per heavy atom. The number of phenols is 1. The molecule has 2 N–H and O–H groups in total. The van der Waals surface area contributed by atoms with Crippen LogP contribution < -0.4 is 10.1 Å². The van der Waals surface area contributed by atoms with E-state index in [-0.39, 0.29) is 23.6 Å². The molecular formula is C11H13NO5. The normalized spacial score (nSPS) is 9.53. The molecule has 0 aliphatic heterocycles. The number of hydrogen-bond acceptors (Lipinski definition) is 5. The number of hydrogen-bond donors (Lipinski definition) is 2. The van der Waals surface area contributed by atoms with Gasteiger partial charge in [0, 0.05) is 5.56 Å². The van der Waals surface area contributed by atoms with Crippen molar-refractivity contribution in [3.05, 3.63) is 23.8 Å². The third kappa shape index (κ3) is 3.37. The molecule has 0 saturated heterocycles. The summed E-state index contributed by atoms with van der Waals surface area (Å²) < 4.78 is 9.24. The number of esters is 1. The van der Waals surface area contributed by atoms with Crippen LogP contribution in [-0.2, 0) is 9.53 Å². The summed E-state index contributed by atoms with van der Waals surface area (Å²) in [6.45, 7) is -0.210. The van der Waals surface area contributed by atoms with Crippen molar-refractivity contribution in [3.63, 3.8) is 0 Å². The lowest BCUT2D eigenvalue weighted by molar-refractivity contribution is -0.139. The first-order chi connectivity index (χ1) is 8.08. The standard InChI is InChI=1S/C11H13NO5/c1-16-9-5-7(3-4-8(9)13)11(15)12-6-10(14)17-2/h3-5,13H,6H2,1-2H3,(H,12,15). The number of methoxy groups -OCH3 is 2. The Hall–Kier alpha value is -2.24. The Bertz CT molecular complexity index is 430. The van der Waals surface area contributed by atoms with Gasteiger partial charge in [0.25, 0.3) is 5.91 Å². The number of phenolic OH excluding ortho intramolecular Hbond substituents is 1. The fraction of sp³-hybridized carbons (Fsp3) is 0.273. The van der Waals surface area contributed by atoms with Gasteiger partial charge < -0.3 is 19.9 Å². The van der Waals surface area contributed by atoms with Crippen LogP contribution in [0.15, 0.2) is 18.2 Å². The molecule has 0 heterocycles. The van der Waals surface area contributed by atoms with E-state index in [2.05, 4.69) is 10.1 Å². The van der Waals surface area contributed by atoms with Crippen molar-refractivity contribution in [1.29, 1.82) is 0 Å². The first kappa shape index (κ1) is 12.8. The third-order valence-electron chi connectivity index (χ3n) is 2.06. The van der Waals surface area contributed by atoms with E-state index >= 15 is 0 Å². The molecule has 17 heavy (non-hydrogen) atoms. The number of rotatable bonds is 4. The highest BCUT2D eigenvalue weighted by atomic mass is 16.5. The van der Waals surface area contributed by atoms with Gasteiger partial charge in [-0.2, -0.15) is 0 Å². The van der Waals surface area contributed by atoms with Gasteiger partial charge in [-0.1, -0.05) is 0 Å². The molecule has 6 heteroatoms. The summed E-state index contributed by atoms with van der Waals surface area (Å²) in [7, 11) is 2.61. The fourth-order valence-corrected chi connectivity index (χ4v) is 1.15. The lowest BCUT2D eigenvalue weighted by atomic mass is 10.2. The summed E-state index contributed by atoms with van der Waals surface area (Å²) in [6, 6.07) is 4.14. The first-order valence-corrected chi connectivity index (χ1v) is 4.80. The third-order valence-corrected chi connectivity index (χ3v) is 2.06. The average Bonchev–Trinajstić information content (AvgIpc) is 2.35. The summed E-state index contributed by atoms with van der Waals surface area (Å²) in [4.78, 5) is 22.4. The molecule has 0 aliphatic rings. The molecule has 0 aliphatic carbocycles. The van der Waals surface area contributed by atoms with E-state index in [1.54, 1.807) is 0 Å². The molecule has 0 spiro atoms. The van der Waals surface area contributed by atoms with Gasteiger partial charge >= 0.3 is 5.97 Å². The molecule has 1 aromatic rings. The van der Waals surface area contributed by atoms with Gasteiger partial charge in [0.2, 0.25) is 0 Å². The van der Waals surface area contributed by atoms with Crippen molar-refractivity contribution in [2.45, 2.75) is 0 Å². The van der Waals surface area contributed by atoms with Crippen molar-refractivity contribution in [2.24, 2.45) is 0 Å². The number of amides is 1. The van der Waals surface area contributed by atoms with E-state index in [1.807, 2.05) is 0 Å². The lowest BCUT2D eigenvalue weighted by Gasteiger charge is -2.07. The van der Waals surface area contributed by atoms with Crippen LogP contribution in [0, 0.1) is 0 Å². The van der Waals surface area contributed by atoms with Crippen LogP contribution in [0.1, 0.15) is 10.4 Å². The molecule has 0 atom stereocenters. The minimum Gasteiger partial charge on any atom is -0.504 e.